The predicted molar refractivity (Wildman–Crippen MR) is 81.5 cm³/mol. The van der Waals surface area contributed by atoms with Crippen LogP contribution in [0.4, 0.5) is 0 Å². The van der Waals surface area contributed by atoms with E-state index in [0.717, 1.165) is 0 Å². The molecule has 0 fully saturated rings. The molecule has 1 aromatic heterocycles. The fourth-order valence-electron chi connectivity index (χ4n) is 2.51. The summed E-state index contributed by atoms with van der Waals surface area (Å²) in [6, 6.07) is 15.4. The SMILES string of the molecule is Cc1ccc(C)c(-c2c(C)sc3ccccc23)c1. The van der Waals surface area contributed by atoms with Crippen molar-refractivity contribution in [3.63, 3.8) is 0 Å². The summed E-state index contributed by atoms with van der Waals surface area (Å²) in [4.78, 5) is 1.41. The summed E-state index contributed by atoms with van der Waals surface area (Å²) in [6.07, 6.45) is 0. The van der Waals surface area contributed by atoms with Crippen LogP contribution in [0.1, 0.15) is 16.0 Å². The van der Waals surface area contributed by atoms with E-state index in [2.05, 4.69) is 63.2 Å². The molecule has 2 aromatic carbocycles. The molecule has 1 heteroatoms. The summed E-state index contributed by atoms with van der Waals surface area (Å²) in [6.45, 7) is 6.58. The molecule has 3 aromatic rings. The van der Waals surface area contributed by atoms with Gasteiger partial charge >= 0.3 is 0 Å². The quantitative estimate of drug-likeness (QED) is 0.537. The number of hydrogen-bond donors (Lipinski definition) is 0. The van der Waals surface area contributed by atoms with Gasteiger partial charge in [-0.05, 0) is 38.0 Å². The minimum Gasteiger partial charge on any atom is -0.140 e. The second-order valence-corrected chi connectivity index (χ2v) is 6.10. The minimum absolute atomic E-state index is 1.32. The molecule has 0 saturated heterocycles. The molecule has 0 N–H and O–H groups in total. The van der Waals surface area contributed by atoms with Crippen LogP contribution in [0, 0.1) is 20.8 Å². The van der Waals surface area contributed by atoms with Gasteiger partial charge in [0.05, 0.1) is 0 Å². The van der Waals surface area contributed by atoms with Gasteiger partial charge in [-0.1, -0.05) is 42.0 Å². The van der Waals surface area contributed by atoms with Crippen molar-refractivity contribution in [2.75, 3.05) is 0 Å². The van der Waals surface area contributed by atoms with E-state index >= 15 is 0 Å². The molecule has 0 radical (unpaired) electrons. The van der Waals surface area contributed by atoms with Crippen LogP contribution in [0.3, 0.4) is 0 Å². The molecule has 0 nitrogen and oxygen atoms in total. The maximum absolute atomic E-state index is 2.30. The van der Waals surface area contributed by atoms with Gasteiger partial charge in [0.1, 0.15) is 0 Å². The average molecular weight is 252 g/mol. The topological polar surface area (TPSA) is 0 Å². The predicted octanol–water partition coefficient (Wildman–Crippen LogP) is 5.49. The zero-order valence-corrected chi connectivity index (χ0v) is 11.8. The third kappa shape index (κ3) is 1.75. The molecule has 0 aliphatic heterocycles. The van der Waals surface area contributed by atoms with E-state index in [1.807, 2.05) is 11.3 Å². The molecule has 0 bridgehead atoms. The molecule has 0 amide bonds. The van der Waals surface area contributed by atoms with Gasteiger partial charge < -0.3 is 0 Å². The lowest BCUT2D eigenvalue weighted by Crippen LogP contribution is -1.85. The van der Waals surface area contributed by atoms with Gasteiger partial charge in [0.2, 0.25) is 0 Å². The Morgan fingerprint density at radius 1 is 0.889 bits per heavy atom. The van der Waals surface area contributed by atoms with Gasteiger partial charge in [0, 0.05) is 20.5 Å². The van der Waals surface area contributed by atoms with Crippen LogP contribution >= 0.6 is 11.3 Å². The third-order valence-corrected chi connectivity index (χ3v) is 4.52. The van der Waals surface area contributed by atoms with E-state index in [1.54, 1.807) is 0 Å². The lowest BCUT2D eigenvalue weighted by Gasteiger charge is -2.08. The highest BCUT2D eigenvalue weighted by atomic mass is 32.1. The number of aryl methyl sites for hydroxylation is 3. The zero-order valence-electron chi connectivity index (χ0n) is 10.9. The highest BCUT2D eigenvalue weighted by Gasteiger charge is 2.12. The fraction of sp³-hybridized carbons (Fsp3) is 0.176. The first-order valence-corrected chi connectivity index (χ1v) is 7.04. The first-order chi connectivity index (χ1) is 8.66. The van der Waals surface area contributed by atoms with Crippen LogP contribution in [-0.4, -0.2) is 0 Å². The number of benzene rings is 2. The molecule has 1 heterocycles. The van der Waals surface area contributed by atoms with Crippen LogP contribution in [0.5, 0.6) is 0 Å². The van der Waals surface area contributed by atoms with Crippen LogP contribution in [0.25, 0.3) is 21.2 Å². The standard InChI is InChI=1S/C17H16S/c1-11-8-9-12(2)15(10-11)17-13(3)18-16-7-5-4-6-14(16)17/h4-10H,1-3H3. The minimum atomic E-state index is 1.32. The molecule has 3 rings (SSSR count). The van der Waals surface area contributed by atoms with Gasteiger partial charge in [0.15, 0.2) is 0 Å². The molecule has 0 aliphatic carbocycles. The average Bonchev–Trinajstić information content (AvgIpc) is 2.68. The van der Waals surface area contributed by atoms with E-state index in [0.29, 0.717) is 0 Å². The number of thiophene rings is 1. The van der Waals surface area contributed by atoms with Crippen molar-refractivity contribution in [3.05, 3.63) is 58.5 Å². The van der Waals surface area contributed by atoms with Crippen molar-refractivity contribution in [3.8, 4) is 11.1 Å². The van der Waals surface area contributed by atoms with Gasteiger partial charge in [-0.25, -0.2) is 0 Å². The van der Waals surface area contributed by atoms with E-state index in [9.17, 15) is 0 Å². The van der Waals surface area contributed by atoms with Crippen molar-refractivity contribution in [2.45, 2.75) is 20.8 Å². The van der Waals surface area contributed by atoms with Crippen molar-refractivity contribution >= 4 is 21.4 Å². The first kappa shape index (κ1) is 11.5. The molecule has 18 heavy (non-hydrogen) atoms. The highest BCUT2D eigenvalue weighted by Crippen LogP contribution is 2.39. The van der Waals surface area contributed by atoms with Gasteiger partial charge in [-0.3, -0.25) is 0 Å². The monoisotopic (exact) mass is 252 g/mol. The maximum Gasteiger partial charge on any atom is 0.0352 e. The number of fused-ring (bicyclic) bond motifs is 1. The lowest BCUT2D eigenvalue weighted by molar-refractivity contribution is 1.39. The summed E-state index contributed by atoms with van der Waals surface area (Å²) >= 11 is 1.89. The Morgan fingerprint density at radius 3 is 2.50 bits per heavy atom. The zero-order chi connectivity index (χ0) is 12.7. The second-order valence-electron chi connectivity index (χ2n) is 4.85. The van der Waals surface area contributed by atoms with Gasteiger partial charge in [-0.15, -0.1) is 11.3 Å². The Kier molecular flexibility index (Phi) is 2.71. The Labute approximate surface area is 112 Å². The Bertz CT molecular complexity index is 720. The molecule has 0 unspecified atom stereocenters. The molecular formula is C17H16S. The molecular weight excluding hydrogens is 236 g/mol. The Balaban J connectivity index is 2.37. The van der Waals surface area contributed by atoms with Gasteiger partial charge in [0.25, 0.3) is 0 Å². The summed E-state index contributed by atoms with van der Waals surface area (Å²) in [7, 11) is 0. The van der Waals surface area contributed by atoms with E-state index in [1.165, 1.54) is 37.2 Å². The number of rotatable bonds is 1. The molecule has 0 aliphatic rings. The summed E-state index contributed by atoms with van der Waals surface area (Å²) in [5.41, 5.74) is 5.47. The fourth-order valence-corrected chi connectivity index (χ4v) is 3.59. The van der Waals surface area contributed by atoms with Crippen LogP contribution < -0.4 is 0 Å². The van der Waals surface area contributed by atoms with Crippen molar-refractivity contribution in [1.29, 1.82) is 0 Å². The number of hydrogen-bond acceptors (Lipinski definition) is 1. The molecule has 0 atom stereocenters. The van der Waals surface area contributed by atoms with Crippen molar-refractivity contribution in [2.24, 2.45) is 0 Å². The summed E-state index contributed by atoms with van der Waals surface area (Å²) < 4.78 is 1.38. The smallest absolute Gasteiger partial charge is 0.0352 e. The largest absolute Gasteiger partial charge is 0.140 e. The van der Waals surface area contributed by atoms with Crippen molar-refractivity contribution in [1.82, 2.24) is 0 Å². The van der Waals surface area contributed by atoms with Crippen molar-refractivity contribution < 1.29 is 0 Å². The van der Waals surface area contributed by atoms with Crippen LogP contribution in [0.15, 0.2) is 42.5 Å². The molecule has 0 saturated carbocycles. The Morgan fingerprint density at radius 2 is 1.67 bits per heavy atom. The third-order valence-electron chi connectivity index (χ3n) is 3.43. The molecule has 0 spiro atoms. The lowest BCUT2D eigenvalue weighted by atomic mass is 9.96. The van der Waals surface area contributed by atoms with E-state index in [4.69, 9.17) is 0 Å². The summed E-state index contributed by atoms with van der Waals surface area (Å²) in [5, 5.41) is 1.38. The van der Waals surface area contributed by atoms with Gasteiger partial charge in [-0.2, -0.15) is 0 Å². The Hall–Kier alpha value is -1.60. The van der Waals surface area contributed by atoms with Crippen LogP contribution in [-0.2, 0) is 0 Å². The second kappa shape index (κ2) is 4.25. The maximum atomic E-state index is 2.30. The first-order valence-electron chi connectivity index (χ1n) is 6.22. The van der Waals surface area contributed by atoms with E-state index < -0.39 is 0 Å². The summed E-state index contributed by atoms with van der Waals surface area (Å²) in [5.74, 6) is 0. The molecule has 90 valence electrons. The van der Waals surface area contributed by atoms with Crippen LogP contribution in [0.2, 0.25) is 0 Å². The highest BCUT2D eigenvalue weighted by molar-refractivity contribution is 7.19. The van der Waals surface area contributed by atoms with E-state index in [-0.39, 0.29) is 0 Å². The normalized spacial score (nSPS) is 11.1.